The first-order valence-corrected chi connectivity index (χ1v) is 8.93. The Balaban J connectivity index is 1.82. The van der Waals surface area contributed by atoms with Crippen LogP contribution in [-0.4, -0.2) is 25.5 Å². The van der Waals surface area contributed by atoms with Crippen LogP contribution in [0.1, 0.15) is 16.7 Å². The maximum absolute atomic E-state index is 11.3. The summed E-state index contributed by atoms with van der Waals surface area (Å²) in [6.45, 7) is 0.428. The largest absolute Gasteiger partial charge is 0.508 e. The first kappa shape index (κ1) is 17.3. The van der Waals surface area contributed by atoms with Crippen molar-refractivity contribution < 1.29 is 19.0 Å². The minimum absolute atomic E-state index is 0.202. The zero-order valence-electron chi connectivity index (χ0n) is 14.8. The molecule has 0 unspecified atom stereocenters. The van der Waals surface area contributed by atoms with Gasteiger partial charge >= 0.3 is 6.16 Å². The summed E-state index contributed by atoms with van der Waals surface area (Å²) in [4.78, 5) is 11.3. The second kappa shape index (κ2) is 7.64. The molecule has 0 spiro atoms. The van der Waals surface area contributed by atoms with E-state index in [2.05, 4.69) is 36.4 Å². The number of benzene rings is 3. The minimum atomic E-state index is -0.821. The third kappa shape index (κ3) is 3.44. The van der Waals surface area contributed by atoms with Crippen molar-refractivity contribution in [1.82, 2.24) is 0 Å². The molecule has 4 heteroatoms. The molecule has 0 radical (unpaired) electrons. The van der Waals surface area contributed by atoms with Crippen LogP contribution in [0.3, 0.4) is 0 Å². The molecule has 0 aromatic heterocycles. The fraction of sp³-hybridized carbons (Fsp3) is 0.174. The summed E-state index contributed by atoms with van der Waals surface area (Å²) in [5, 5.41) is 0. The van der Waals surface area contributed by atoms with Gasteiger partial charge in [-0.25, -0.2) is 4.79 Å². The Morgan fingerprint density at radius 1 is 0.778 bits per heavy atom. The van der Waals surface area contributed by atoms with Gasteiger partial charge < -0.3 is 14.2 Å². The number of carbonyl (C=O) groups is 1. The molecule has 0 bridgehead atoms. The first-order valence-electron chi connectivity index (χ1n) is 8.93. The topological polar surface area (TPSA) is 44.8 Å². The van der Waals surface area contributed by atoms with E-state index in [0.29, 0.717) is 0 Å². The zero-order chi connectivity index (χ0) is 18.5. The molecule has 1 aliphatic heterocycles. The lowest BCUT2D eigenvalue weighted by atomic mass is 9.80. The van der Waals surface area contributed by atoms with Gasteiger partial charge in [-0.15, -0.1) is 0 Å². The van der Waals surface area contributed by atoms with Gasteiger partial charge in [0.25, 0.3) is 0 Å². The fourth-order valence-electron chi connectivity index (χ4n) is 3.43. The maximum Gasteiger partial charge on any atom is 0.508 e. The van der Waals surface area contributed by atoms with Crippen LogP contribution < -0.4 is 0 Å². The van der Waals surface area contributed by atoms with Crippen molar-refractivity contribution in [3.05, 3.63) is 108 Å². The number of cyclic esters (lactones) is 2. The number of hydrogen-bond donors (Lipinski definition) is 0. The lowest BCUT2D eigenvalue weighted by Gasteiger charge is -2.36. The normalized spacial score (nSPS) is 16.6. The molecule has 1 fully saturated rings. The van der Waals surface area contributed by atoms with Crippen molar-refractivity contribution >= 4 is 6.16 Å². The lowest BCUT2D eigenvalue weighted by Crippen LogP contribution is -2.36. The summed E-state index contributed by atoms with van der Waals surface area (Å²) >= 11 is 0. The van der Waals surface area contributed by atoms with E-state index in [0.717, 1.165) is 16.7 Å². The molecule has 1 aliphatic rings. The first-order chi connectivity index (χ1) is 13.3. The Kier molecular flexibility index (Phi) is 4.90. The number of rotatable bonds is 6. The molecule has 0 saturated carbocycles. The Morgan fingerprint density at radius 3 is 1.59 bits per heavy atom. The van der Waals surface area contributed by atoms with Crippen molar-refractivity contribution in [3.63, 3.8) is 0 Å². The summed E-state index contributed by atoms with van der Waals surface area (Å²) in [5.74, 6) is 0. The van der Waals surface area contributed by atoms with Crippen molar-refractivity contribution in [2.24, 2.45) is 0 Å². The third-order valence-electron chi connectivity index (χ3n) is 4.68. The second-order valence-electron chi connectivity index (χ2n) is 6.39. The number of carbonyl (C=O) groups excluding carboxylic acids is 1. The van der Waals surface area contributed by atoms with Gasteiger partial charge in [0.05, 0.1) is 6.61 Å². The van der Waals surface area contributed by atoms with E-state index in [-0.39, 0.29) is 13.2 Å². The van der Waals surface area contributed by atoms with Crippen molar-refractivity contribution in [1.29, 1.82) is 0 Å². The average Bonchev–Trinajstić information content (AvgIpc) is 3.16. The molecule has 0 N–H and O–H groups in total. The van der Waals surface area contributed by atoms with Gasteiger partial charge in [0.15, 0.2) is 6.10 Å². The van der Waals surface area contributed by atoms with Crippen molar-refractivity contribution in [2.45, 2.75) is 11.7 Å². The molecule has 3 aromatic rings. The van der Waals surface area contributed by atoms with Gasteiger partial charge in [-0.3, -0.25) is 0 Å². The van der Waals surface area contributed by atoms with Crippen LogP contribution in [0.25, 0.3) is 0 Å². The van der Waals surface area contributed by atoms with E-state index in [1.54, 1.807) is 0 Å². The van der Waals surface area contributed by atoms with E-state index in [1.807, 2.05) is 54.6 Å². The minimum Gasteiger partial charge on any atom is -0.430 e. The molecular weight excluding hydrogens is 340 g/mol. The number of ether oxygens (including phenoxy) is 3. The van der Waals surface area contributed by atoms with Gasteiger partial charge in [-0.1, -0.05) is 91.0 Å². The highest BCUT2D eigenvalue weighted by molar-refractivity contribution is 5.61. The monoisotopic (exact) mass is 360 g/mol. The molecule has 1 heterocycles. The van der Waals surface area contributed by atoms with Crippen LogP contribution in [-0.2, 0) is 19.8 Å². The fourth-order valence-corrected chi connectivity index (χ4v) is 3.43. The van der Waals surface area contributed by atoms with E-state index in [1.165, 1.54) is 0 Å². The Morgan fingerprint density at radius 2 is 1.22 bits per heavy atom. The van der Waals surface area contributed by atoms with Gasteiger partial charge in [-0.05, 0) is 16.7 Å². The van der Waals surface area contributed by atoms with Crippen molar-refractivity contribution in [2.75, 3.05) is 13.2 Å². The Labute approximate surface area is 158 Å². The average molecular weight is 360 g/mol. The molecule has 136 valence electrons. The maximum atomic E-state index is 11.3. The van der Waals surface area contributed by atoms with Crippen LogP contribution in [0, 0.1) is 0 Å². The third-order valence-corrected chi connectivity index (χ3v) is 4.68. The van der Waals surface area contributed by atoms with Crippen LogP contribution in [0.4, 0.5) is 4.79 Å². The van der Waals surface area contributed by atoms with E-state index in [9.17, 15) is 4.79 Å². The van der Waals surface area contributed by atoms with Gasteiger partial charge in [0.2, 0.25) is 0 Å². The predicted molar refractivity (Wildman–Crippen MR) is 101 cm³/mol. The summed E-state index contributed by atoms with van der Waals surface area (Å²) in [7, 11) is 0. The molecular formula is C23H20O4. The summed E-state index contributed by atoms with van der Waals surface area (Å²) in [6.07, 6.45) is -1.07. The van der Waals surface area contributed by atoms with Crippen molar-refractivity contribution in [3.8, 4) is 0 Å². The molecule has 1 atom stereocenters. The summed E-state index contributed by atoms with van der Waals surface area (Å²) < 4.78 is 16.6. The van der Waals surface area contributed by atoms with E-state index in [4.69, 9.17) is 14.2 Å². The van der Waals surface area contributed by atoms with Gasteiger partial charge in [0.1, 0.15) is 12.2 Å². The molecule has 0 amide bonds. The quantitative estimate of drug-likeness (QED) is 0.478. The van der Waals surface area contributed by atoms with E-state index < -0.39 is 17.9 Å². The van der Waals surface area contributed by atoms with Crippen LogP contribution >= 0.6 is 0 Å². The Hall–Kier alpha value is -3.11. The predicted octanol–water partition coefficient (Wildman–Crippen LogP) is 4.53. The number of hydrogen-bond acceptors (Lipinski definition) is 4. The molecule has 1 saturated heterocycles. The van der Waals surface area contributed by atoms with Crippen LogP contribution in [0.15, 0.2) is 91.0 Å². The molecule has 27 heavy (non-hydrogen) atoms. The van der Waals surface area contributed by atoms with Crippen LogP contribution in [0.2, 0.25) is 0 Å². The SMILES string of the molecule is O=C1OC[C@@H](COC(c2ccccc2)(c2ccccc2)c2ccccc2)O1. The second-order valence-corrected chi connectivity index (χ2v) is 6.39. The van der Waals surface area contributed by atoms with Gasteiger partial charge in [-0.2, -0.15) is 0 Å². The zero-order valence-corrected chi connectivity index (χ0v) is 14.8. The highest BCUT2D eigenvalue weighted by Gasteiger charge is 2.39. The summed E-state index contributed by atoms with van der Waals surface area (Å²) in [6, 6.07) is 30.3. The molecule has 4 rings (SSSR count). The lowest BCUT2D eigenvalue weighted by molar-refractivity contribution is -0.0300. The Bertz CT molecular complexity index is 781. The van der Waals surface area contributed by atoms with E-state index >= 15 is 0 Å². The standard InChI is InChI=1S/C23H20O4/c24-22-25-16-21(27-22)17-26-23(18-10-4-1-5-11-18,19-12-6-2-7-13-19)20-14-8-3-9-15-20/h1-15,21H,16-17H2/t21-/m0/s1. The van der Waals surface area contributed by atoms with Gasteiger partial charge in [0, 0.05) is 0 Å². The highest BCUT2D eigenvalue weighted by Crippen LogP contribution is 2.40. The highest BCUT2D eigenvalue weighted by atomic mass is 16.8. The molecule has 3 aromatic carbocycles. The molecule has 4 nitrogen and oxygen atoms in total. The smallest absolute Gasteiger partial charge is 0.430 e. The van der Waals surface area contributed by atoms with Crippen LogP contribution in [0.5, 0.6) is 0 Å². The summed E-state index contributed by atoms with van der Waals surface area (Å²) in [5.41, 5.74) is 2.20. The molecule has 0 aliphatic carbocycles.